The third-order valence-electron chi connectivity index (χ3n) is 3.02. The van der Waals surface area contributed by atoms with Gasteiger partial charge in [0.15, 0.2) is 0 Å². The van der Waals surface area contributed by atoms with E-state index in [1.54, 1.807) is 0 Å². The second-order valence-electron chi connectivity index (χ2n) is 4.75. The van der Waals surface area contributed by atoms with Crippen molar-refractivity contribution in [2.75, 3.05) is 10.8 Å². The predicted molar refractivity (Wildman–Crippen MR) is 95.0 cm³/mol. The third kappa shape index (κ3) is 4.60. The largest absolute Gasteiger partial charge is 0.279 e. The fourth-order valence-electron chi connectivity index (χ4n) is 2.00. The summed E-state index contributed by atoms with van der Waals surface area (Å²) in [6, 6.07) is 8.36. The molecule has 0 saturated carbocycles. The highest BCUT2D eigenvalue weighted by atomic mass is 35.5. The minimum Gasteiger partial charge on any atom is -0.279 e. The maximum atomic E-state index is 12.9. The molecule has 2 aromatic rings. The fraction of sp³-hybridized carbons (Fsp3) is 0.0714. The lowest BCUT2D eigenvalue weighted by Crippen LogP contribution is -2.34. The van der Waals surface area contributed by atoms with Gasteiger partial charge in [0.25, 0.3) is 15.7 Å². The van der Waals surface area contributed by atoms with Crippen LogP contribution in [0.25, 0.3) is 0 Å². The van der Waals surface area contributed by atoms with Crippen molar-refractivity contribution in [3.8, 4) is 0 Å². The summed E-state index contributed by atoms with van der Waals surface area (Å²) in [5, 5.41) is 10.2. The van der Waals surface area contributed by atoms with Crippen LogP contribution in [0.15, 0.2) is 47.4 Å². The number of benzene rings is 2. The molecule has 25 heavy (non-hydrogen) atoms. The van der Waals surface area contributed by atoms with Crippen LogP contribution < -0.4 is 4.31 Å². The normalized spacial score (nSPS) is 11.2. The van der Waals surface area contributed by atoms with E-state index in [9.17, 15) is 23.3 Å². The van der Waals surface area contributed by atoms with Crippen molar-refractivity contribution >= 4 is 61.4 Å². The molecule has 0 radical (unpaired) electrons. The van der Waals surface area contributed by atoms with E-state index in [1.807, 2.05) is 0 Å². The zero-order valence-corrected chi connectivity index (χ0v) is 15.3. The molecular formula is C14H9Cl3N2O5S. The van der Waals surface area contributed by atoms with Gasteiger partial charge in [-0.05, 0) is 35.9 Å². The Bertz CT molecular complexity index is 929. The molecule has 0 fully saturated rings. The van der Waals surface area contributed by atoms with Gasteiger partial charge in [-0.2, -0.15) is 0 Å². The molecule has 7 nitrogen and oxygen atoms in total. The fourth-order valence-corrected chi connectivity index (χ4v) is 4.15. The lowest BCUT2D eigenvalue weighted by atomic mass is 10.3. The Hall–Kier alpha value is -1.87. The Balaban J connectivity index is 2.62. The molecule has 2 rings (SSSR count). The third-order valence-corrected chi connectivity index (χ3v) is 5.35. The van der Waals surface area contributed by atoms with Crippen LogP contribution in [0, 0.1) is 10.1 Å². The molecule has 132 valence electrons. The standard InChI is InChI=1S/C14H9Cl3N2O5S/c15-9-4-10(16)6-12(5-9)18(8-14(17)20)25(23,24)13-3-1-2-11(7-13)19(21)22/h1-7H,8H2. The molecule has 0 spiro atoms. The van der Waals surface area contributed by atoms with E-state index in [0.717, 1.165) is 12.1 Å². The van der Waals surface area contributed by atoms with Crippen molar-refractivity contribution in [2.45, 2.75) is 4.90 Å². The number of rotatable bonds is 6. The Morgan fingerprint density at radius 3 is 2.24 bits per heavy atom. The van der Waals surface area contributed by atoms with Crippen LogP contribution in [-0.2, 0) is 14.8 Å². The first-order chi connectivity index (χ1) is 11.6. The topological polar surface area (TPSA) is 97.6 Å². The number of nitro benzene ring substituents is 1. The molecule has 0 saturated heterocycles. The number of halogens is 3. The summed E-state index contributed by atoms with van der Waals surface area (Å²) in [6.07, 6.45) is 0. The van der Waals surface area contributed by atoms with Crippen LogP contribution in [0.5, 0.6) is 0 Å². The number of nitro groups is 1. The molecular weight excluding hydrogens is 415 g/mol. The van der Waals surface area contributed by atoms with Crippen molar-refractivity contribution in [1.29, 1.82) is 0 Å². The van der Waals surface area contributed by atoms with Crippen LogP contribution in [0.2, 0.25) is 10.0 Å². The lowest BCUT2D eigenvalue weighted by Gasteiger charge is -2.23. The number of hydrogen-bond acceptors (Lipinski definition) is 5. The summed E-state index contributed by atoms with van der Waals surface area (Å²) >= 11 is 17.1. The highest BCUT2D eigenvalue weighted by molar-refractivity contribution is 7.92. The molecule has 0 aliphatic heterocycles. The summed E-state index contributed by atoms with van der Waals surface area (Å²) in [7, 11) is -4.33. The first-order valence-electron chi connectivity index (χ1n) is 6.53. The Kier molecular flexibility index (Phi) is 5.89. The Morgan fingerprint density at radius 1 is 1.12 bits per heavy atom. The zero-order chi connectivity index (χ0) is 18.8. The molecule has 0 atom stereocenters. The molecule has 0 amide bonds. The smallest absolute Gasteiger partial charge is 0.270 e. The second kappa shape index (κ2) is 7.57. The average molecular weight is 424 g/mol. The van der Waals surface area contributed by atoms with E-state index in [-0.39, 0.29) is 20.6 Å². The number of non-ortho nitro benzene ring substituents is 1. The van der Waals surface area contributed by atoms with E-state index >= 15 is 0 Å². The summed E-state index contributed by atoms with van der Waals surface area (Å²) in [6.45, 7) is -0.705. The summed E-state index contributed by atoms with van der Waals surface area (Å²) < 4.78 is 26.4. The quantitative estimate of drug-likeness (QED) is 0.399. The van der Waals surface area contributed by atoms with E-state index in [0.29, 0.717) is 4.31 Å². The van der Waals surface area contributed by atoms with Gasteiger partial charge in [0.05, 0.1) is 15.5 Å². The van der Waals surface area contributed by atoms with Gasteiger partial charge in [-0.3, -0.25) is 19.2 Å². The van der Waals surface area contributed by atoms with E-state index in [4.69, 9.17) is 34.8 Å². The van der Waals surface area contributed by atoms with Gasteiger partial charge >= 0.3 is 0 Å². The number of nitrogens with zero attached hydrogens (tertiary/aromatic N) is 2. The minimum atomic E-state index is -4.33. The van der Waals surface area contributed by atoms with Crippen LogP contribution in [0.1, 0.15) is 0 Å². The number of sulfonamides is 1. The van der Waals surface area contributed by atoms with Crippen molar-refractivity contribution < 1.29 is 18.1 Å². The molecule has 0 bridgehead atoms. The Morgan fingerprint density at radius 2 is 1.72 bits per heavy atom. The van der Waals surface area contributed by atoms with Crippen LogP contribution >= 0.6 is 34.8 Å². The van der Waals surface area contributed by atoms with Gasteiger partial charge in [0, 0.05) is 22.2 Å². The predicted octanol–water partition coefficient (Wildman–Crippen LogP) is 3.86. The monoisotopic (exact) mass is 422 g/mol. The second-order valence-corrected chi connectivity index (χ2v) is 7.91. The SMILES string of the molecule is O=C(Cl)CN(c1cc(Cl)cc(Cl)c1)S(=O)(=O)c1cccc([N+](=O)[O-])c1. The molecule has 0 heterocycles. The Labute approximate surface area is 157 Å². The highest BCUT2D eigenvalue weighted by Gasteiger charge is 2.28. The van der Waals surface area contributed by atoms with E-state index < -0.39 is 32.4 Å². The highest BCUT2D eigenvalue weighted by Crippen LogP contribution is 2.30. The van der Waals surface area contributed by atoms with Crippen LogP contribution in [0.3, 0.4) is 0 Å². The van der Waals surface area contributed by atoms with Gasteiger partial charge < -0.3 is 0 Å². The van der Waals surface area contributed by atoms with Gasteiger partial charge in [-0.15, -0.1) is 0 Å². The number of anilines is 1. The molecule has 0 N–H and O–H groups in total. The van der Waals surface area contributed by atoms with E-state index in [2.05, 4.69) is 0 Å². The summed E-state index contributed by atoms with van der Waals surface area (Å²) in [4.78, 5) is 21.1. The summed E-state index contributed by atoms with van der Waals surface area (Å²) in [5.74, 6) is 0. The molecule has 0 unspecified atom stereocenters. The molecule has 0 aromatic heterocycles. The summed E-state index contributed by atoms with van der Waals surface area (Å²) in [5.41, 5.74) is -0.416. The molecule has 11 heteroatoms. The lowest BCUT2D eigenvalue weighted by molar-refractivity contribution is -0.385. The average Bonchev–Trinajstić information content (AvgIpc) is 2.51. The van der Waals surface area contributed by atoms with Crippen LogP contribution in [0.4, 0.5) is 11.4 Å². The van der Waals surface area contributed by atoms with Gasteiger partial charge in [-0.1, -0.05) is 29.3 Å². The minimum absolute atomic E-state index is 0.00185. The van der Waals surface area contributed by atoms with Crippen molar-refractivity contribution in [2.24, 2.45) is 0 Å². The van der Waals surface area contributed by atoms with Crippen LogP contribution in [-0.4, -0.2) is 25.1 Å². The van der Waals surface area contributed by atoms with Gasteiger partial charge in [0.1, 0.15) is 6.54 Å². The first kappa shape index (κ1) is 19.5. The van der Waals surface area contributed by atoms with Crippen molar-refractivity contribution in [1.82, 2.24) is 0 Å². The first-order valence-corrected chi connectivity index (χ1v) is 9.10. The maximum Gasteiger partial charge on any atom is 0.270 e. The van der Waals surface area contributed by atoms with Gasteiger partial charge in [0.2, 0.25) is 5.24 Å². The van der Waals surface area contributed by atoms with Gasteiger partial charge in [-0.25, -0.2) is 8.42 Å². The maximum absolute atomic E-state index is 12.9. The number of carbonyl (C=O) groups is 1. The number of hydrogen-bond donors (Lipinski definition) is 0. The molecule has 2 aromatic carbocycles. The van der Waals surface area contributed by atoms with Crippen molar-refractivity contribution in [3.05, 3.63) is 62.6 Å². The molecule has 0 aliphatic carbocycles. The molecule has 0 aliphatic rings. The van der Waals surface area contributed by atoms with Crippen molar-refractivity contribution in [3.63, 3.8) is 0 Å². The number of carbonyl (C=O) groups excluding carboxylic acids is 1. The zero-order valence-electron chi connectivity index (χ0n) is 12.2. The van der Waals surface area contributed by atoms with E-state index in [1.165, 1.54) is 30.3 Å².